The second kappa shape index (κ2) is 6.66. The largest absolute Gasteiger partial charge is 0.0610 e. The van der Waals surface area contributed by atoms with Crippen molar-refractivity contribution in [3.8, 4) is 0 Å². The molecule has 0 aromatic heterocycles. The summed E-state index contributed by atoms with van der Waals surface area (Å²) in [6.45, 7) is 0. The molecule has 0 heterocycles. The van der Waals surface area contributed by atoms with Crippen LogP contribution in [0.15, 0.2) is 121 Å². The summed E-state index contributed by atoms with van der Waals surface area (Å²) < 4.78 is 0. The summed E-state index contributed by atoms with van der Waals surface area (Å²) in [7, 11) is 0. The van der Waals surface area contributed by atoms with Crippen LogP contribution < -0.4 is 0 Å². The molecule has 0 radical (unpaired) electrons. The van der Waals surface area contributed by atoms with Gasteiger partial charge in [0.25, 0.3) is 0 Å². The highest BCUT2D eigenvalue weighted by Gasteiger charge is 2.25. The first-order valence-corrected chi connectivity index (χ1v) is 16.3. The van der Waals surface area contributed by atoms with Gasteiger partial charge in [-0.15, -0.1) is 0 Å². The van der Waals surface area contributed by atoms with Crippen molar-refractivity contribution in [2.24, 2.45) is 0 Å². The monoisotopic (exact) mass is 572 g/mol. The normalized spacial score (nSPS) is 13.7. The molecule has 0 aliphatic carbocycles. The zero-order valence-electron chi connectivity index (χ0n) is 24.5. The Labute approximate surface area is 260 Å². The van der Waals surface area contributed by atoms with E-state index >= 15 is 0 Å². The lowest BCUT2D eigenvalue weighted by atomic mass is 9.79. The summed E-state index contributed by atoms with van der Waals surface area (Å²) in [6, 6.07) is 47.5. The molecule has 204 valence electrons. The van der Waals surface area contributed by atoms with Crippen LogP contribution in [0.5, 0.6) is 0 Å². The van der Waals surface area contributed by atoms with Crippen LogP contribution in [0.1, 0.15) is 0 Å². The SMILES string of the molecule is c1cc2ccc3cc4cc5cc6cc7cc8cccc9ccc%10cc%11cc%12cc%13cc%14cc(c1)c2c3c%14c4c%13c5c%12c6c%11c7c%10c98. The molecule has 14 aromatic rings. The van der Waals surface area contributed by atoms with Gasteiger partial charge in [-0.1, -0.05) is 60.7 Å². The van der Waals surface area contributed by atoms with Gasteiger partial charge in [0.15, 0.2) is 0 Å². The smallest absolute Gasteiger partial charge is 0.00134 e. The van der Waals surface area contributed by atoms with E-state index < -0.39 is 0 Å². The molecule has 46 heavy (non-hydrogen) atoms. The molecule has 14 aromatic carbocycles. The van der Waals surface area contributed by atoms with Crippen molar-refractivity contribution in [1.29, 1.82) is 0 Å². The molecule has 0 aliphatic heterocycles. The number of hydrogen-bond acceptors (Lipinski definition) is 0. The fourth-order valence-corrected chi connectivity index (χ4v) is 10.3. The van der Waals surface area contributed by atoms with Gasteiger partial charge in [0.05, 0.1) is 0 Å². The third-order valence-electron chi connectivity index (χ3n) is 11.9. The molecule has 14 rings (SSSR count). The number of hydrogen-bond donors (Lipinski definition) is 0. The van der Waals surface area contributed by atoms with Crippen molar-refractivity contribution in [2.45, 2.75) is 0 Å². The summed E-state index contributed by atoms with van der Waals surface area (Å²) >= 11 is 0. The summed E-state index contributed by atoms with van der Waals surface area (Å²) in [5.41, 5.74) is 0. The first-order chi connectivity index (χ1) is 22.8. The van der Waals surface area contributed by atoms with Crippen molar-refractivity contribution in [3.05, 3.63) is 121 Å². The first-order valence-electron chi connectivity index (χ1n) is 16.3. The van der Waals surface area contributed by atoms with E-state index in [0.717, 1.165) is 0 Å². The van der Waals surface area contributed by atoms with Crippen LogP contribution in [-0.4, -0.2) is 0 Å². The minimum absolute atomic E-state index is 1.33. The maximum Gasteiger partial charge on any atom is -0.00134 e. The first kappa shape index (κ1) is 21.7. The molecule has 0 heteroatoms. The Hall–Kier alpha value is -5.98. The summed E-state index contributed by atoms with van der Waals surface area (Å²) in [5.74, 6) is 0. The highest BCUT2D eigenvalue weighted by molar-refractivity contribution is 6.49. The van der Waals surface area contributed by atoms with Crippen LogP contribution >= 0.6 is 0 Å². The van der Waals surface area contributed by atoms with Crippen LogP contribution in [0.25, 0.3) is 140 Å². The number of benzene rings is 14. The second-order valence-corrected chi connectivity index (χ2v) is 14.0. The van der Waals surface area contributed by atoms with Crippen LogP contribution in [0.3, 0.4) is 0 Å². The molecule has 0 nitrogen and oxygen atoms in total. The van der Waals surface area contributed by atoms with Gasteiger partial charge in [-0.25, -0.2) is 0 Å². The zero-order valence-corrected chi connectivity index (χ0v) is 24.5. The molecular formula is C46H20. The van der Waals surface area contributed by atoms with Gasteiger partial charge in [0.1, 0.15) is 0 Å². The molecular weight excluding hydrogens is 553 g/mol. The molecule has 0 unspecified atom stereocenters. The van der Waals surface area contributed by atoms with E-state index in [1.165, 1.54) is 140 Å². The fraction of sp³-hybridized carbons (Fsp3) is 0. The topological polar surface area (TPSA) is 0 Å². The third kappa shape index (κ3) is 2.14. The number of rotatable bonds is 0. The Morgan fingerprint density at radius 2 is 0.348 bits per heavy atom. The highest BCUT2D eigenvalue weighted by atomic mass is 14.3. The molecule has 0 aliphatic rings. The van der Waals surface area contributed by atoms with Gasteiger partial charge >= 0.3 is 0 Å². The zero-order chi connectivity index (χ0) is 29.2. The van der Waals surface area contributed by atoms with Gasteiger partial charge in [-0.05, 0) is 201 Å². The Balaban J connectivity index is 1.31. The molecule has 0 saturated heterocycles. The lowest BCUT2D eigenvalue weighted by molar-refractivity contribution is 1.81. The van der Waals surface area contributed by atoms with Gasteiger partial charge in [-0.2, -0.15) is 0 Å². The van der Waals surface area contributed by atoms with Crippen molar-refractivity contribution >= 4 is 140 Å². The molecule has 0 N–H and O–H groups in total. The summed E-state index contributed by atoms with van der Waals surface area (Å²) in [5, 5.41) is 35.9. The highest BCUT2D eigenvalue weighted by Crippen LogP contribution is 2.53. The minimum atomic E-state index is 1.33. The molecule has 0 saturated carbocycles. The van der Waals surface area contributed by atoms with E-state index in [2.05, 4.69) is 121 Å². The molecule has 0 atom stereocenters. The molecule has 0 amide bonds. The van der Waals surface area contributed by atoms with E-state index in [1.54, 1.807) is 0 Å². The van der Waals surface area contributed by atoms with E-state index in [0.29, 0.717) is 0 Å². The fourth-order valence-electron chi connectivity index (χ4n) is 10.3. The maximum atomic E-state index is 2.49. The van der Waals surface area contributed by atoms with Crippen LogP contribution in [0.2, 0.25) is 0 Å². The van der Waals surface area contributed by atoms with Crippen molar-refractivity contribution in [3.63, 3.8) is 0 Å². The minimum Gasteiger partial charge on any atom is -0.0610 e. The van der Waals surface area contributed by atoms with Gasteiger partial charge in [-0.3, -0.25) is 0 Å². The Bertz CT molecular complexity index is 3380. The van der Waals surface area contributed by atoms with E-state index in [-0.39, 0.29) is 0 Å². The molecule has 0 fully saturated rings. The average Bonchev–Trinajstić information content (AvgIpc) is 3.08. The second-order valence-electron chi connectivity index (χ2n) is 14.0. The summed E-state index contributed by atoms with van der Waals surface area (Å²) in [4.78, 5) is 0. The van der Waals surface area contributed by atoms with E-state index in [1.807, 2.05) is 0 Å². The van der Waals surface area contributed by atoms with Gasteiger partial charge in [0, 0.05) is 0 Å². The van der Waals surface area contributed by atoms with E-state index in [9.17, 15) is 0 Å². The van der Waals surface area contributed by atoms with Crippen LogP contribution in [-0.2, 0) is 0 Å². The molecule has 0 spiro atoms. The summed E-state index contributed by atoms with van der Waals surface area (Å²) in [6.07, 6.45) is 0. The third-order valence-corrected chi connectivity index (χ3v) is 11.9. The standard InChI is InChI=1S/C46H20/c1-3-21-7-9-25-13-29-17-34-20-32-16-28-12-24-6-2-4-22-8-10-26-14-30-18-33-19-31-15-27-11-23(5-1)35(21)37(25)39(27)41(29)43(31)45(34)46(33)44(32)42(30)40(28)38(26)36(22)24/h1-20H. The Morgan fingerprint density at radius 1 is 0.152 bits per heavy atom. The van der Waals surface area contributed by atoms with Gasteiger partial charge < -0.3 is 0 Å². The van der Waals surface area contributed by atoms with Gasteiger partial charge in [0.2, 0.25) is 0 Å². The lowest BCUT2D eigenvalue weighted by Crippen LogP contribution is -1.95. The molecule has 0 bridgehead atoms. The van der Waals surface area contributed by atoms with E-state index in [4.69, 9.17) is 0 Å². The Kier molecular flexibility index (Phi) is 3.14. The van der Waals surface area contributed by atoms with Crippen molar-refractivity contribution in [1.82, 2.24) is 0 Å². The van der Waals surface area contributed by atoms with Crippen LogP contribution in [0, 0.1) is 0 Å². The van der Waals surface area contributed by atoms with Crippen molar-refractivity contribution < 1.29 is 0 Å². The predicted molar refractivity (Wildman–Crippen MR) is 201 cm³/mol. The van der Waals surface area contributed by atoms with Crippen molar-refractivity contribution in [2.75, 3.05) is 0 Å². The van der Waals surface area contributed by atoms with Crippen LogP contribution in [0.4, 0.5) is 0 Å². The average molecular weight is 573 g/mol. The Morgan fingerprint density at radius 3 is 0.652 bits per heavy atom. The predicted octanol–water partition coefficient (Wildman–Crippen LogP) is 13.3. The maximum absolute atomic E-state index is 2.49. The quantitative estimate of drug-likeness (QED) is 0.125. The lowest BCUT2D eigenvalue weighted by Gasteiger charge is -2.24.